The van der Waals surface area contributed by atoms with Gasteiger partial charge in [0, 0.05) is 52.8 Å². The summed E-state index contributed by atoms with van der Waals surface area (Å²) in [5.74, 6) is 1.80. The molecule has 0 N–H and O–H groups in total. The molecule has 4 aromatic heterocycles. The van der Waals surface area contributed by atoms with E-state index >= 15 is 0 Å². The number of para-hydroxylation sites is 2. The van der Waals surface area contributed by atoms with Crippen LogP contribution in [0.4, 0.5) is 0 Å². The quantitative estimate of drug-likeness (QED) is 0.186. The molecule has 0 aliphatic heterocycles. The van der Waals surface area contributed by atoms with Crippen molar-refractivity contribution in [2.45, 2.75) is 0 Å². The van der Waals surface area contributed by atoms with Crippen LogP contribution < -0.4 is 0 Å². The molecular weight excluding hydrogens is 647 g/mol. The highest BCUT2D eigenvalue weighted by Crippen LogP contribution is 2.40. The Bertz CT molecular complexity index is 3160. The summed E-state index contributed by atoms with van der Waals surface area (Å²) in [5.41, 5.74) is 8.17. The zero-order chi connectivity index (χ0) is 33.5. The van der Waals surface area contributed by atoms with Crippen LogP contribution in [-0.2, 0) is 0 Å². The van der Waals surface area contributed by atoms with Crippen LogP contribution in [0, 0.1) is 0 Å². The summed E-state index contributed by atoms with van der Waals surface area (Å²) in [4.78, 5) is 15.2. The number of furan rings is 2. The fourth-order valence-electron chi connectivity index (χ4n) is 7.27. The lowest BCUT2D eigenvalue weighted by Crippen LogP contribution is -2.00. The van der Waals surface area contributed by atoms with Crippen LogP contribution in [0.3, 0.4) is 0 Å². The van der Waals surface area contributed by atoms with Crippen LogP contribution in [0.15, 0.2) is 160 Å². The first-order chi connectivity index (χ1) is 25.2. The molecule has 0 amide bonds. The lowest BCUT2D eigenvalue weighted by Gasteiger charge is -2.09. The van der Waals surface area contributed by atoms with Gasteiger partial charge in [-0.3, -0.25) is 0 Å². The summed E-state index contributed by atoms with van der Waals surface area (Å²) < 4.78 is 15.3. The minimum Gasteiger partial charge on any atom is -0.456 e. The van der Waals surface area contributed by atoms with E-state index in [4.69, 9.17) is 23.8 Å². The highest BCUT2D eigenvalue weighted by Gasteiger charge is 2.19. The van der Waals surface area contributed by atoms with Crippen molar-refractivity contribution in [3.05, 3.63) is 152 Å². The minimum atomic E-state index is 0.566. The Labute approximate surface area is 295 Å². The van der Waals surface area contributed by atoms with Gasteiger partial charge in [-0.25, -0.2) is 15.0 Å². The molecular formula is C45H25N3O2S. The van der Waals surface area contributed by atoms with Crippen molar-refractivity contribution in [1.29, 1.82) is 0 Å². The molecule has 0 aliphatic rings. The Morgan fingerprint density at radius 1 is 0.353 bits per heavy atom. The molecule has 0 spiro atoms. The van der Waals surface area contributed by atoms with Crippen LogP contribution in [0.2, 0.25) is 0 Å². The summed E-state index contributed by atoms with van der Waals surface area (Å²) in [6.45, 7) is 0. The van der Waals surface area contributed by atoms with Gasteiger partial charge in [0.15, 0.2) is 17.5 Å². The lowest BCUT2D eigenvalue weighted by molar-refractivity contribution is 0.669. The third-order valence-electron chi connectivity index (χ3n) is 9.75. The Morgan fingerprint density at radius 2 is 1.00 bits per heavy atom. The van der Waals surface area contributed by atoms with Gasteiger partial charge in [-0.05, 0) is 71.8 Å². The molecule has 4 heterocycles. The third-order valence-corrected chi connectivity index (χ3v) is 10.9. The van der Waals surface area contributed by atoms with Gasteiger partial charge in [-0.1, -0.05) is 91.0 Å². The van der Waals surface area contributed by atoms with Crippen LogP contribution in [0.25, 0.3) is 109 Å². The second-order valence-corrected chi connectivity index (χ2v) is 13.9. The number of fused-ring (bicyclic) bond motifs is 9. The molecule has 0 atom stereocenters. The maximum Gasteiger partial charge on any atom is 0.167 e. The second-order valence-electron chi connectivity index (χ2n) is 12.8. The van der Waals surface area contributed by atoms with Gasteiger partial charge in [0.25, 0.3) is 0 Å². The summed E-state index contributed by atoms with van der Waals surface area (Å²) in [6.07, 6.45) is 0. The Morgan fingerprint density at radius 3 is 1.92 bits per heavy atom. The van der Waals surface area contributed by atoms with Crippen molar-refractivity contribution in [2.24, 2.45) is 0 Å². The number of thiophene rings is 1. The largest absolute Gasteiger partial charge is 0.456 e. The SMILES string of the molecule is c1ccc(-c2nc(-c3ccc4sc5ccccc5c4c3)nc(-c3cccc4c3oc3cc(-c5ccc6oc7ccccc7c6c5)ccc34)n2)cc1. The summed E-state index contributed by atoms with van der Waals surface area (Å²) in [6, 6.07) is 52.2. The maximum atomic E-state index is 6.71. The highest BCUT2D eigenvalue weighted by atomic mass is 32.1. The van der Waals surface area contributed by atoms with E-state index in [0.29, 0.717) is 17.5 Å². The average Bonchev–Trinajstić information content (AvgIpc) is 3.88. The molecule has 0 unspecified atom stereocenters. The standard InChI is InChI=1S/C45H25N3O2S/c1-2-9-26(10-3-1)43-46-44(29-19-22-41-36(24-29)32-12-5-7-16-40(32)51-41)48-45(47-43)34-14-8-13-33-31-20-17-28(25-39(31)50-42(33)34)27-18-21-38-35(23-27)30-11-4-6-15-37(30)49-38/h1-25H. The zero-order valence-electron chi connectivity index (χ0n) is 27.0. The number of hydrogen-bond acceptors (Lipinski definition) is 6. The number of benzene rings is 7. The van der Waals surface area contributed by atoms with E-state index < -0.39 is 0 Å². The van der Waals surface area contributed by atoms with E-state index in [-0.39, 0.29) is 0 Å². The van der Waals surface area contributed by atoms with Gasteiger partial charge in [0.05, 0.1) is 5.56 Å². The van der Waals surface area contributed by atoms with Crippen LogP contribution >= 0.6 is 11.3 Å². The predicted molar refractivity (Wildman–Crippen MR) is 209 cm³/mol. The van der Waals surface area contributed by atoms with Crippen LogP contribution in [0.5, 0.6) is 0 Å². The maximum absolute atomic E-state index is 6.71. The fraction of sp³-hybridized carbons (Fsp3) is 0. The molecule has 11 aromatic rings. The van der Waals surface area contributed by atoms with Crippen molar-refractivity contribution in [2.75, 3.05) is 0 Å². The topological polar surface area (TPSA) is 65.0 Å². The number of hydrogen-bond donors (Lipinski definition) is 0. The molecule has 5 nitrogen and oxygen atoms in total. The highest BCUT2D eigenvalue weighted by molar-refractivity contribution is 7.25. The normalized spacial score (nSPS) is 11.9. The summed E-state index contributed by atoms with van der Waals surface area (Å²) in [7, 11) is 0. The van der Waals surface area contributed by atoms with Crippen molar-refractivity contribution >= 4 is 75.4 Å². The van der Waals surface area contributed by atoms with Crippen LogP contribution in [-0.4, -0.2) is 15.0 Å². The van der Waals surface area contributed by atoms with Crippen LogP contribution in [0.1, 0.15) is 0 Å². The van der Waals surface area contributed by atoms with E-state index in [1.54, 1.807) is 11.3 Å². The number of rotatable bonds is 4. The Balaban J connectivity index is 1.07. The monoisotopic (exact) mass is 671 g/mol. The molecule has 0 bridgehead atoms. The summed E-state index contributed by atoms with van der Waals surface area (Å²) in [5, 5.41) is 6.70. The number of aromatic nitrogens is 3. The minimum absolute atomic E-state index is 0.566. The first-order valence-corrected chi connectivity index (χ1v) is 17.7. The Hall–Kier alpha value is -6.63. The molecule has 0 saturated carbocycles. The predicted octanol–water partition coefficient (Wildman–Crippen LogP) is 12.7. The van der Waals surface area contributed by atoms with Crippen molar-refractivity contribution in [3.63, 3.8) is 0 Å². The average molecular weight is 672 g/mol. The zero-order valence-corrected chi connectivity index (χ0v) is 27.8. The smallest absolute Gasteiger partial charge is 0.167 e. The van der Waals surface area contributed by atoms with Crippen molar-refractivity contribution < 1.29 is 8.83 Å². The third kappa shape index (κ3) is 4.50. The second kappa shape index (κ2) is 10.9. The molecule has 0 fully saturated rings. The van der Waals surface area contributed by atoms with E-state index in [0.717, 1.165) is 71.7 Å². The molecule has 7 aromatic carbocycles. The molecule has 0 saturated heterocycles. The van der Waals surface area contributed by atoms with Gasteiger partial charge in [0.2, 0.25) is 0 Å². The molecule has 238 valence electrons. The van der Waals surface area contributed by atoms with Gasteiger partial charge in [0.1, 0.15) is 22.3 Å². The lowest BCUT2D eigenvalue weighted by atomic mass is 10.0. The fourth-order valence-corrected chi connectivity index (χ4v) is 8.35. The number of nitrogens with zero attached hydrogens (tertiary/aromatic N) is 3. The molecule has 6 heteroatoms. The first-order valence-electron chi connectivity index (χ1n) is 16.8. The van der Waals surface area contributed by atoms with Crippen molar-refractivity contribution in [1.82, 2.24) is 15.0 Å². The molecule has 51 heavy (non-hydrogen) atoms. The molecule has 0 radical (unpaired) electrons. The van der Waals surface area contributed by atoms with E-state index in [2.05, 4.69) is 84.9 Å². The first kappa shape index (κ1) is 28.2. The summed E-state index contributed by atoms with van der Waals surface area (Å²) >= 11 is 1.80. The molecule has 11 rings (SSSR count). The van der Waals surface area contributed by atoms with E-state index in [9.17, 15) is 0 Å². The van der Waals surface area contributed by atoms with Gasteiger partial charge < -0.3 is 8.83 Å². The van der Waals surface area contributed by atoms with E-state index in [1.165, 1.54) is 20.2 Å². The molecule has 0 aliphatic carbocycles. The van der Waals surface area contributed by atoms with Gasteiger partial charge >= 0.3 is 0 Å². The van der Waals surface area contributed by atoms with Gasteiger partial charge in [-0.2, -0.15) is 0 Å². The van der Waals surface area contributed by atoms with Gasteiger partial charge in [-0.15, -0.1) is 11.3 Å². The van der Waals surface area contributed by atoms with Crippen molar-refractivity contribution in [3.8, 4) is 45.3 Å². The Kier molecular flexibility index (Phi) is 6.05. The van der Waals surface area contributed by atoms with E-state index in [1.807, 2.05) is 66.7 Å².